The summed E-state index contributed by atoms with van der Waals surface area (Å²) in [5.41, 5.74) is 8.64. The van der Waals surface area contributed by atoms with E-state index in [2.05, 4.69) is 9.97 Å². The molecule has 0 spiro atoms. The normalized spacial score (nSPS) is 10.6. The number of nitrogens with zero attached hydrogens (tertiary/aromatic N) is 3. The highest BCUT2D eigenvalue weighted by Gasteiger charge is 2.08. The molecule has 0 radical (unpaired) electrons. The van der Waals surface area contributed by atoms with Gasteiger partial charge in [0, 0.05) is 29.8 Å². The minimum atomic E-state index is 0.746. The van der Waals surface area contributed by atoms with Crippen LogP contribution in [-0.2, 0) is 0 Å². The molecule has 4 heteroatoms. The van der Waals surface area contributed by atoms with E-state index in [1.807, 2.05) is 54.1 Å². The predicted molar refractivity (Wildman–Crippen MR) is 75.9 cm³/mol. The summed E-state index contributed by atoms with van der Waals surface area (Å²) in [5, 5.41) is 0. The smallest absolute Gasteiger partial charge is 0.145 e. The third kappa shape index (κ3) is 2.20. The van der Waals surface area contributed by atoms with Crippen LogP contribution in [0.3, 0.4) is 0 Å². The third-order valence-corrected chi connectivity index (χ3v) is 2.96. The first-order valence-electron chi connectivity index (χ1n) is 6.06. The van der Waals surface area contributed by atoms with Gasteiger partial charge in [-0.05, 0) is 48.9 Å². The Labute approximate surface area is 111 Å². The van der Waals surface area contributed by atoms with Crippen molar-refractivity contribution in [1.29, 1.82) is 0 Å². The molecule has 0 atom stereocenters. The number of aryl methyl sites for hydroxylation is 1. The highest BCUT2D eigenvalue weighted by atomic mass is 15.1. The van der Waals surface area contributed by atoms with Gasteiger partial charge in [-0.15, -0.1) is 0 Å². The standard InChI is InChI=1S/C15H14N4/c1-11-6-7-17-14(10-11)19-9-8-18-15(19)12-2-4-13(16)5-3-12/h2-10H,16H2,1H3. The molecule has 0 unspecified atom stereocenters. The SMILES string of the molecule is Cc1ccnc(-n2ccnc2-c2ccc(N)cc2)c1. The molecule has 2 aromatic heterocycles. The van der Waals surface area contributed by atoms with Gasteiger partial charge in [0.15, 0.2) is 0 Å². The van der Waals surface area contributed by atoms with Gasteiger partial charge in [-0.25, -0.2) is 9.97 Å². The van der Waals surface area contributed by atoms with E-state index in [0.29, 0.717) is 0 Å². The molecule has 3 aromatic rings. The Morgan fingerprint density at radius 1 is 1.00 bits per heavy atom. The number of hydrogen-bond donors (Lipinski definition) is 1. The number of nitrogen functional groups attached to an aromatic ring is 1. The van der Waals surface area contributed by atoms with E-state index in [9.17, 15) is 0 Å². The summed E-state index contributed by atoms with van der Waals surface area (Å²) < 4.78 is 1.97. The van der Waals surface area contributed by atoms with Crippen molar-refractivity contribution in [2.45, 2.75) is 6.92 Å². The minimum absolute atomic E-state index is 0.746. The van der Waals surface area contributed by atoms with Gasteiger partial charge < -0.3 is 5.73 Å². The Balaban J connectivity index is 2.10. The van der Waals surface area contributed by atoms with E-state index < -0.39 is 0 Å². The number of anilines is 1. The molecule has 0 amide bonds. The molecular formula is C15H14N4. The number of hydrogen-bond acceptors (Lipinski definition) is 3. The maximum absolute atomic E-state index is 5.71. The van der Waals surface area contributed by atoms with Crippen molar-refractivity contribution >= 4 is 5.69 Å². The van der Waals surface area contributed by atoms with Crippen LogP contribution in [0.1, 0.15) is 5.56 Å². The van der Waals surface area contributed by atoms with Crippen LogP contribution in [0.5, 0.6) is 0 Å². The van der Waals surface area contributed by atoms with Crippen molar-refractivity contribution in [3.63, 3.8) is 0 Å². The molecule has 0 bridgehead atoms. The number of pyridine rings is 1. The molecule has 94 valence electrons. The molecule has 0 saturated heterocycles. The quantitative estimate of drug-likeness (QED) is 0.711. The molecule has 0 saturated carbocycles. The van der Waals surface area contributed by atoms with Gasteiger partial charge in [-0.2, -0.15) is 0 Å². The second kappa shape index (κ2) is 4.57. The summed E-state index contributed by atoms with van der Waals surface area (Å²) >= 11 is 0. The molecule has 0 aliphatic rings. The van der Waals surface area contributed by atoms with Crippen LogP contribution >= 0.6 is 0 Å². The Kier molecular flexibility index (Phi) is 2.76. The number of aromatic nitrogens is 3. The lowest BCUT2D eigenvalue weighted by Gasteiger charge is -2.07. The van der Waals surface area contributed by atoms with Gasteiger partial charge in [0.25, 0.3) is 0 Å². The fourth-order valence-electron chi connectivity index (χ4n) is 1.99. The molecule has 2 heterocycles. The highest BCUT2D eigenvalue weighted by Crippen LogP contribution is 2.21. The molecule has 0 aliphatic carbocycles. The van der Waals surface area contributed by atoms with Crippen molar-refractivity contribution in [3.05, 3.63) is 60.6 Å². The first-order valence-corrected chi connectivity index (χ1v) is 6.06. The van der Waals surface area contributed by atoms with Crippen molar-refractivity contribution in [1.82, 2.24) is 14.5 Å². The molecule has 4 nitrogen and oxygen atoms in total. The number of imidazole rings is 1. The molecule has 0 fully saturated rings. The van der Waals surface area contributed by atoms with E-state index in [4.69, 9.17) is 5.73 Å². The Hall–Kier alpha value is -2.62. The summed E-state index contributed by atoms with van der Waals surface area (Å²) in [4.78, 5) is 8.79. The average Bonchev–Trinajstić information content (AvgIpc) is 2.89. The summed E-state index contributed by atoms with van der Waals surface area (Å²) in [6, 6.07) is 11.7. The monoisotopic (exact) mass is 250 g/mol. The van der Waals surface area contributed by atoms with Crippen molar-refractivity contribution in [3.8, 4) is 17.2 Å². The first kappa shape index (κ1) is 11.5. The zero-order valence-corrected chi connectivity index (χ0v) is 10.6. The fourth-order valence-corrected chi connectivity index (χ4v) is 1.99. The number of rotatable bonds is 2. The van der Waals surface area contributed by atoms with E-state index >= 15 is 0 Å². The highest BCUT2D eigenvalue weighted by molar-refractivity contribution is 5.60. The van der Waals surface area contributed by atoms with Crippen LogP contribution in [-0.4, -0.2) is 14.5 Å². The summed E-state index contributed by atoms with van der Waals surface area (Å²) in [5.74, 6) is 1.72. The van der Waals surface area contributed by atoms with Crippen LogP contribution in [0, 0.1) is 6.92 Å². The van der Waals surface area contributed by atoms with Gasteiger partial charge in [0.2, 0.25) is 0 Å². The lowest BCUT2D eigenvalue weighted by atomic mass is 10.2. The third-order valence-electron chi connectivity index (χ3n) is 2.96. The predicted octanol–water partition coefficient (Wildman–Crippen LogP) is 2.82. The van der Waals surface area contributed by atoms with E-state index in [0.717, 1.165) is 22.9 Å². The largest absolute Gasteiger partial charge is 0.399 e. The van der Waals surface area contributed by atoms with Gasteiger partial charge in [-0.1, -0.05) is 0 Å². The molecule has 0 aliphatic heterocycles. The van der Waals surface area contributed by atoms with E-state index in [1.54, 1.807) is 12.4 Å². The van der Waals surface area contributed by atoms with Crippen molar-refractivity contribution in [2.75, 3.05) is 5.73 Å². The van der Waals surface area contributed by atoms with Crippen molar-refractivity contribution in [2.24, 2.45) is 0 Å². The maximum Gasteiger partial charge on any atom is 0.145 e. The molecule has 19 heavy (non-hydrogen) atoms. The molecule has 3 rings (SSSR count). The Bertz CT molecular complexity index is 698. The van der Waals surface area contributed by atoms with Crippen LogP contribution in [0.15, 0.2) is 55.0 Å². The van der Waals surface area contributed by atoms with Crippen LogP contribution in [0.25, 0.3) is 17.2 Å². The van der Waals surface area contributed by atoms with Crippen LogP contribution in [0.4, 0.5) is 5.69 Å². The van der Waals surface area contributed by atoms with Crippen LogP contribution in [0.2, 0.25) is 0 Å². The maximum atomic E-state index is 5.71. The lowest BCUT2D eigenvalue weighted by Crippen LogP contribution is -1.99. The zero-order valence-electron chi connectivity index (χ0n) is 10.6. The zero-order chi connectivity index (χ0) is 13.2. The summed E-state index contributed by atoms with van der Waals surface area (Å²) in [6.45, 7) is 2.05. The average molecular weight is 250 g/mol. The van der Waals surface area contributed by atoms with Gasteiger partial charge in [0.1, 0.15) is 11.6 Å². The van der Waals surface area contributed by atoms with Crippen LogP contribution < -0.4 is 5.73 Å². The van der Waals surface area contributed by atoms with E-state index in [1.165, 1.54) is 5.56 Å². The summed E-state index contributed by atoms with van der Waals surface area (Å²) in [6.07, 6.45) is 5.49. The lowest BCUT2D eigenvalue weighted by molar-refractivity contribution is 0.997. The molecule has 2 N–H and O–H groups in total. The minimum Gasteiger partial charge on any atom is -0.399 e. The van der Waals surface area contributed by atoms with Gasteiger partial charge in [-0.3, -0.25) is 4.57 Å². The number of benzene rings is 1. The Morgan fingerprint density at radius 2 is 1.79 bits per heavy atom. The molecular weight excluding hydrogens is 236 g/mol. The second-order valence-electron chi connectivity index (χ2n) is 4.43. The first-order chi connectivity index (χ1) is 9.24. The topological polar surface area (TPSA) is 56.7 Å². The number of nitrogens with two attached hydrogens (primary N) is 1. The summed E-state index contributed by atoms with van der Waals surface area (Å²) in [7, 11) is 0. The van der Waals surface area contributed by atoms with Crippen molar-refractivity contribution < 1.29 is 0 Å². The van der Waals surface area contributed by atoms with Gasteiger partial charge >= 0.3 is 0 Å². The van der Waals surface area contributed by atoms with E-state index in [-0.39, 0.29) is 0 Å². The molecule has 1 aromatic carbocycles. The van der Waals surface area contributed by atoms with Gasteiger partial charge in [0.05, 0.1) is 0 Å². The second-order valence-corrected chi connectivity index (χ2v) is 4.43. The Morgan fingerprint density at radius 3 is 2.53 bits per heavy atom. The fraction of sp³-hybridized carbons (Fsp3) is 0.0667.